The topological polar surface area (TPSA) is 3.24 Å². The van der Waals surface area contributed by atoms with Gasteiger partial charge in [0.2, 0.25) is 0 Å². The zero-order chi connectivity index (χ0) is 10.4. The van der Waals surface area contributed by atoms with Crippen LogP contribution >= 0.6 is 15.9 Å². The lowest BCUT2D eigenvalue weighted by molar-refractivity contribution is 0.138. The summed E-state index contributed by atoms with van der Waals surface area (Å²) < 4.78 is 0. The third-order valence-corrected chi connectivity index (χ3v) is 3.64. The fraction of sp³-hybridized carbons (Fsp3) is 1.00. The summed E-state index contributed by atoms with van der Waals surface area (Å²) in [5.74, 6) is 0.849. The van der Waals surface area contributed by atoms with E-state index in [0.717, 1.165) is 17.3 Å². The second kappa shape index (κ2) is 6.84. The van der Waals surface area contributed by atoms with Gasteiger partial charge in [0.05, 0.1) is 0 Å². The monoisotopic (exact) mass is 261 g/mol. The fourth-order valence-electron chi connectivity index (χ4n) is 2.23. The van der Waals surface area contributed by atoms with Crippen molar-refractivity contribution in [3.05, 3.63) is 0 Å². The molecule has 14 heavy (non-hydrogen) atoms. The van der Waals surface area contributed by atoms with E-state index in [4.69, 9.17) is 0 Å². The Balaban J connectivity index is 2.30. The standard InChI is InChI=1S/C12H24BrN/c1-11(2)7-10-14-9-4-3-5-12(14)6-8-13/h11-12H,3-10H2,1-2H3. The van der Waals surface area contributed by atoms with Gasteiger partial charge < -0.3 is 4.90 Å². The molecular weight excluding hydrogens is 238 g/mol. The van der Waals surface area contributed by atoms with Crippen molar-refractivity contribution >= 4 is 15.9 Å². The Labute approximate surface area is 97.4 Å². The van der Waals surface area contributed by atoms with Crippen LogP contribution in [0.5, 0.6) is 0 Å². The number of nitrogens with zero attached hydrogens (tertiary/aromatic N) is 1. The molecule has 0 saturated carbocycles. The zero-order valence-electron chi connectivity index (χ0n) is 9.64. The van der Waals surface area contributed by atoms with E-state index in [2.05, 4.69) is 34.7 Å². The first-order chi connectivity index (χ1) is 6.74. The third kappa shape index (κ3) is 4.31. The Kier molecular flexibility index (Phi) is 6.11. The molecule has 1 unspecified atom stereocenters. The van der Waals surface area contributed by atoms with Gasteiger partial charge >= 0.3 is 0 Å². The van der Waals surface area contributed by atoms with Crippen LogP contribution in [-0.4, -0.2) is 29.4 Å². The highest BCUT2D eigenvalue weighted by molar-refractivity contribution is 9.09. The summed E-state index contributed by atoms with van der Waals surface area (Å²) in [5.41, 5.74) is 0. The first-order valence-electron chi connectivity index (χ1n) is 6.04. The second-order valence-electron chi connectivity index (χ2n) is 4.85. The van der Waals surface area contributed by atoms with Crippen molar-refractivity contribution in [1.29, 1.82) is 0 Å². The first-order valence-corrected chi connectivity index (χ1v) is 7.16. The van der Waals surface area contributed by atoms with Gasteiger partial charge in [0.15, 0.2) is 0 Å². The van der Waals surface area contributed by atoms with Crippen molar-refractivity contribution in [2.45, 2.75) is 52.0 Å². The van der Waals surface area contributed by atoms with Gasteiger partial charge in [-0.2, -0.15) is 0 Å². The molecule has 1 aliphatic rings. The van der Waals surface area contributed by atoms with Gasteiger partial charge in [-0.05, 0) is 44.7 Å². The van der Waals surface area contributed by atoms with Gasteiger partial charge in [-0.25, -0.2) is 0 Å². The Morgan fingerprint density at radius 2 is 2.14 bits per heavy atom. The smallest absolute Gasteiger partial charge is 0.0103 e. The first kappa shape index (κ1) is 12.5. The highest BCUT2D eigenvalue weighted by Gasteiger charge is 2.21. The highest BCUT2D eigenvalue weighted by Crippen LogP contribution is 2.21. The van der Waals surface area contributed by atoms with Crippen LogP contribution in [0.3, 0.4) is 0 Å². The van der Waals surface area contributed by atoms with Crippen LogP contribution < -0.4 is 0 Å². The molecule has 1 saturated heterocycles. The minimum Gasteiger partial charge on any atom is -0.300 e. The normalized spacial score (nSPS) is 24.4. The number of hydrogen-bond acceptors (Lipinski definition) is 1. The lowest BCUT2D eigenvalue weighted by atomic mass is 9.99. The number of rotatable bonds is 5. The molecule has 1 heterocycles. The van der Waals surface area contributed by atoms with Crippen LogP contribution in [-0.2, 0) is 0 Å². The predicted octanol–water partition coefficient (Wildman–Crippen LogP) is 3.67. The average Bonchev–Trinajstić information content (AvgIpc) is 2.17. The molecule has 1 atom stereocenters. The molecule has 0 N–H and O–H groups in total. The molecular formula is C12H24BrN. The van der Waals surface area contributed by atoms with Crippen LogP contribution in [0.2, 0.25) is 0 Å². The van der Waals surface area contributed by atoms with Gasteiger partial charge in [0, 0.05) is 11.4 Å². The van der Waals surface area contributed by atoms with E-state index in [-0.39, 0.29) is 0 Å². The van der Waals surface area contributed by atoms with Gasteiger partial charge in [0.25, 0.3) is 0 Å². The fourth-order valence-corrected chi connectivity index (χ4v) is 2.76. The summed E-state index contributed by atoms with van der Waals surface area (Å²) in [6, 6.07) is 0.863. The lowest BCUT2D eigenvalue weighted by Crippen LogP contribution is -2.40. The Bertz CT molecular complexity index is 145. The Hall–Kier alpha value is 0.440. The molecule has 0 aromatic rings. The molecule has 1 fully saturated rings. The van der Waals surface area contributed by atoms with Gasteiger partial charge in [0.1, 0.15) is 0 Å². The number of hydrogen-bond donors (Lipinski definition) is 0. The summed E-state index contributed by atoms with van der Waals surface area (Å²) in [6.07, 6.45) is 6.97. The number of alkyl halides is 1. The predicted molar refractivity (Wildman–Crippen MR) is 67.1 cm³/mol. The number of halogens is 1. The molecule has 0 amide bonds. The maximum Gasteiger partial charge on any atom is 0.0103 e. The molecule has 1 nitrogen and oxygen atoms in total. The molecule has 0 spiro atoms. The minimum absolute atomic E-state index is 0.849. The highest BCUT2D eigenvalue weighted by atomic mass is 79.9. The minimum atomic E-state index is 0.849. The lowest BCUT2D eigenvalue weighted by Gasteiger charge is -2.36. The molecule has 1 aliphatic heterocycles. The maximum atomic E-state index is 3.57. The van der Waals surface area contributed by atoms with E-state index < -0.39 is 0 Å². The van der Waals surface area contributed by atoms with Crippen LogP contribution in [0.1, 0.15) is 46.0 Å². The molecule has 84 valence electrons. The van der Waals surface area contributed by atoms with E-state index in [9.17, 15) is 0 Å². The Morgan fingerprint density at radius 1 is 1.36 bits per heavy atom. The van der Waals surface area contributed by atoms with Gasteiger partial charge in [-0.3, -0.25) is 0 Å². The van der Waals surface area contributed by atoms with Gasteiger partial charge in [-0.1, -0.05) is 36.2 Å². The number of piperidine rings is 1. The van der Waals surface area contributed by atoms with Crippen LogP contribution in [0, 0.1) is 5.92 Å². The van der Waals surface area contributed by atoms with Crippen LogP contribution in [0.4, 0.5) is 0 Å². The second-order valence-corrected chi connectivity index (χ2v) is 5.64. The molecule has 0 radical (unpaired) electrons. The van der Waals surface area contributed by atoms with Crippen molar-refractivity contribution in [3.63, 3.8) is 0 Å². The maximum absolute atomic E-state index is 3.57. The van der Waals surface area contributed by atoms with E-state index >= 15 is 0 Å². The van der Waals surface area contributed by atoms with E-state index in [1.165, 1.54) is 45.2 Å². The molecule has 0 aromatic carbocycles. The zero-order valence-corrected chi connectivity index (χ0v) is 11.2. The summed E-state index contributed by atoms with van der Waals surface area (Å²) in [5, 5.41) is 1.16. The summed E-state index contributed by atoms with van der Waals surface area (Å²) in [6.45, 7) is 7.30. The van der Waals surface area contributed by atoms with Crippen molar-refractivity contribution in [1.82, 2.24) is 4.90 Å². The van der Waals surface area contributed by atoms with E-state index in [1.54, 1.807) is 0 Å². The summed E-state index contributed by atoms with van der Waals surface area (Å²) in [4.78, 5) is 2.71. The van der Waals surface area contributed by atoms with Gasteiger partial charge in [-0.15, -0.1) is 0 Å². The third-order valence-electron chi connectivity index (χ3n) is 3.19. The van der Waals surface area contributed by atoms with Crippen molar-refractivity contribution < 1.29 is 0 Å². The quantitative estimate of drug-likeness (QED) is 0.683. The van der Waals surface area contributed by atoms with Crippen LogP contribution in [0.15, 0.2) is 0 Å². The molecule has 0 aliphatic carbocycles. The van der Waals surface area contributed by atoms with Crippen LogP contribution in [0.25, 0.3) is 0 Å². The van der Waals surface area contributed by atoms with Crippen molar-refractivity contribution in [2.75, 3.05) is 18.4 Å². The number of likely N-dealkylation sites (tertiary alicyclic amines) is 1. The molecule has 0 bridgehead atoms. The van der Waals surface area contributed by atoms with Crippen molar-refractivity contribution in [2.24, 2.45) is 5.92 Å². The average molecular weight is 262 g/mol. The van der Waals surface area contributed by atoms with Crippen molar-refractivity contribution in [3.8, 4) is 0 Å². The molecule has 1 rings (SSSR count). The summed E-state index contributed by atoms with van der Waals surface area (Å²) >= 11 is 3.57. The summed E-state index contributed by atoms with van der Waals surface area (Å²) in [7, 11) is 0. The van der Waals surface area contributed by atoms with E-state index in [1.807, 2.05) is 0 Å². The largest absolute Gasteiger partial charge is 0.300 e. The molecule has 0 aromatic heterocycles. The Morgan fingerprint density at radius 3 is 2.79 bits per heavy atom. The van der Waals surface area contributed by atoms with E-state index in [0.29, 0.717) is 0 Å². The SMILES string of the molecule is CC(C)CCN1CCCCC1CCBr. The molecule has 2 heteroatoms.